The maximum absolute atomic E-state index is 11.6. The van der Waals surface area contributed by atoms with E-state index in [1.807, 2.05) is 0 Å². The number of aromatic nitrogens is 2. The van der Waals surface area contributed by atoms with Crippen molar-refractivity contribution in [2.24, 2.45) is 0 Å². The van der Waals surface area contributed by atoms with E-state index >= 15 is 0 Å². The summed E-state index contributed by atoms with van der Waals surface area (Å²) < 4.78 is 0.0305. The third-order valence-corrected chi connectivity index (χ3v) is 2.90. The summed E-state index contributed by atoms with van der Waals surface area (Å²) in [6.45, 7) is 0. The van der Waals surface area contributed by atoms with Crippen LogP contribution in [0.5, 0.6) is 5.88 Å². The lowest BCUT2D eigenvalue weighted by Crippen LogP contribution is -2.18. The number of H-pyrrole nitrogens is 2. The zero-order chi connectivity index (χ0) is 12.4. The molecule has 0 saturated carbocycles. The van der Waals surface area contributed by atoms with Crippen LogP contribution in [0.1, 0.15) is 11.1 Å². The third-order valence-electron chi connectivity index (χ3n) is 2.33. The van der Waals surface area contributed by atoms with Crippen LogP contribution in [-0.2, 0) is 6.42 Å². The Bertz CT molecular complexity index is 663. The van der Waals surface area contributed by atoms with Crippen LogP contribution >= 0.6 is 23.8 Å². The molecule has 1 aromatic carbocycles. The average molecular weight is 268 g/mol. The lowest BCUT2D eigenvalue weighted by atomic mass is 10.1. The summed E-state index contributed by atoms with van der Waals surface area (Å²) in [5.41, 5.74) is 0.354. The van der Waals surface area contributed by atoms with E-state index in [1.54, 1.807) is 24.3 Å². The second kappa shape index (κ2) is 4.73. The monoisotopic (exact) mass is 267 g/mol. The van der Waals surface area contributed by atoms with E-state index in [9.17, 15) is 9.90 Å². The summed E-state index contributed by atoms with van der Waals surface area (Å²) in [6, 6.07) is 7.06. The zero-order valence-electron chi connectivity index (χ0n) is 8.62. The molecule has 0 aliphatic rings. The summed E-state index contributed by atoms with van der Waals surface area (Å²) in [6.07, 6.45) is 0.181. The molecule has 17 heavy (non-hydrogen) atoms. The Morgan fingerprint density at radius 3 is 2.65 bits per heavy atom. The molecule has 1 aromatic heterocycles. The molecule has 2 N–H and O–H groups in total. The first-order chi connectivity index (χ1) is 8.08. The molecule has 4 nitrogen and oxygen atoms in total. The fourth-order valence-corrected chi connectivity index (χ4v) is 1.87. The van der Waals surface area contributed by atoms with Crippen LogP contribution in [0.3, 0.4) is 0 Å². The number of rotatable bonds is 2. The van der Waals surface area contributed by atoms with Crippen LogP contribution in [0.25, 0.3) is 0 Å². The Hall–Kier alpha value is -1.59. The Kier molecular flexibility index (Phi) is 3.31. The Morgan fingerprint density at radius 1 is 1.29 bits per heavy atom. The molecule has 88 valence electrons. The van der Waals surface area contributed by atoms with Crippen molar-refractivity contribution >= 4 is 23.8 Å². The van der Waals surface area contributed by atoms with Gasteiger partial charge in [0.1, 0.15) is 0 Å². The highest BCUT2D eigenvalue weighted by Crippen LogP contribution is 2.19. The van der Waals surface area contributed by atoms with E-state index < -0.39 is 11.4 Å². The van der Waals surface area contributed by atoms with Crippen LogP contribution in [0.4, 0.5) is 0 Å². The van der Waals surface area contributed by atoms with Crippen molar-refractivity contribution < 1.29 is 5.11 Å². The van der Waals surface area contributed by atoms with Crippen LogP contribution in [-0.4, -0.2) is 9.97 Å². The van der Waals surface area contributed by atoms with Gasteiger partial charge >= 0.3 is 0 Å². The molecule has 0 saturated heterocycles. The Morgan fingerprint density at radius 2 is 2.00 bits per heavy atom. The van der Waals surface area contributed by atoms with Gasteiger partial charge in [-0.3, -0.25) is 9.78 Å². The van der Waals surface area contributed by atoms with Crippen molar-refractivity contribution in [3.05, 3.63) is 55.5 Å². The summed E-state index contributed by atoms with van der Waals surface area (Å²) in [7, 11) is 0. The molecule has 6 heteroatoms. The molecule has 0 radical (unpaired) electrons. The smallest absolute Gasteiger partial charge is 0.254 e. The lowest BCUT2D eigenvalue weighted by Gasteiger charge is -2.12. The topological polar surface area (TPSA) is 71.7 Å². The fraction of sp³-hybridized carbons (Fsp3) is 0.0909. The number of hydrogen-bond donors (Lipinski definition) is 2. The molecule has 0 bridgehead atoms. The third kappa shape index (κ3) is 2.57. The van der Waals surface area contributed by atoms with Gasteiger partial charge in [-0.15, -0.1) is 0 Å². The Labute approximate surface area is 107 Å². The molecule has 1 heterocycles. The normalized spacial score (nSPS) is 10.4. The first-order valence-corrected chi connectivity index (χ1v) is 5.62. The predicted molar refractivity (Wildman–Crippen MR) is 66.0 cm³/mol. The maximum Gasteiger partial charge on any atom is 0.254 e. The van der Waals surface area contributed by atoms with Crippen molar-refractivity contribution in [3.63, 3.8) is 0 Å². The molecule has 2 rings (SSSR count). The number of nitrogens with one attached hydrogen (secondary N) is 2. The van der Waals surface area contributed by atoms with E-state index in [4.69, 9.17) is 23.8 Å². The van der Waals surface area contributed by atoms with E-state index in [2.05, 4.69) is 9.97 Å². The highest BCUT2D eigenvalue weighted by molar-refractivity contribution is 7.71. The predicted octanol–water partition coefficient (Wildman–Crippen LogP) is 1.75. The van der Waals surface area contributed by atoms with Crippen LogP contribution in [0.2, 0.25) is 5.02 Å². The van der Waals surface area contributed by atoms with Gasteiger partial charge in [0, 0.05) is 17.0 Å². The van der Waals surface area contributed by atoms with Gasteiger partial charge in [-0.05, 0) is 29.7 Å². The van der Waals surface area contributed by atoms with Crippen molar-refractivity contribution in [3.8, 4) is 5.88 Å². The molecule has 0 aliphatic heterocycles. The van der Waals surface area contributed by atoms with Gasteiger partial charge in [0.15, 0.2) is 4.77 Å². The summed E-state index contributed by atoms with van der Waals surface area (Å²) in [4.78, 5) is 16.4. The van der Waals surface area contributed by atoms with Crippen LogP contribution < -0.4 is 10.7 Å². The fourth-order valence-electron chi connectivity index (χ4n) is 1.48. The molecule has 0 unspecified atom stereocenters. The quantitative estimate of drug-likeness (QED) is 0.815. The highest BCUT2D eigenvalue weighted by Gasteiger charge is 2.05. The van der Waals surface area contributed by atoms with Crippen molar-refractivity contribution in [2.45, 2.75) is 6.42 Å². The standard InChI is InChI=1S/C11H9ClN2O2S/c12-8-4-2-1-3-6(8)5-7-9(15)13-11(17)14-10(7)16/h1-4H,5H2,(H3,13,14,15,16,17)/p-1. The zero-order valence-corrected chi connectivity index (χ0v) is 10.2. The van der Waals surface area contributed by atoms with Crippen molar-refractivity contribution in [2.75, 3.05) is 0 Å². The van der Waals surface area contributed by atoms with Gasteiger partial charge in [0.25, 0.3) is 5.56 Å². The maximum atomic E-state index is 11.6. The number of halogens is 1. The van der Waals surface area contributed by atoms with Gasteiger partial charge in [-0.25, -0.2) is 0 Å². The van der Waals surface area contributed by atoms with E-state index in [0.29, 0.717) is 5.02 Å². The lowest BCUT2D eigenvalue weighted by molar-refractivity contribution is -0.276. The van der Waals surface area contributed by atoms with Crippen LogP contribution in [0, 0.1) is 4.77 Å². The molecule has 0 spiro atoms. The summed E-state index contributed by atoms with van der Waals surface area (Å²) in [5.74, 6) is -0.473. The molecule has 2 aromatic rings. The largest absolute Gasteiger partial charge is 0.860 e. The molecule has 0 atom stereocenters. The summed E-state index contributed by atoms with van der Waals surface area (Å²) >= 11 is 10.7. The molecule has 0 aliphatic carbocycles. The van der Waals surface area contributed by atoms with Crippen LogP contribution in [0.15, 0.2) is 29.1 Å². The van der Waals surface area contributed by atoms with Gasteiger partial charge in [-0.1, -0.05) is 29.8 Å². The molecular formula is C11H8ClN2O2S-. The number of benzene rings is 1. The molecular weight excluding hydrogens is 260 g/mol. The SMILES string of the molecule is O=c1[nH]c(=S)[nH]c([O-])c1Cc1ccccc1Cl. The van der Waals surface area contributed by atoms with Gasteiger partial charge < -0.3 is 10.1 Å². The minimum Gasteiger partial charge on any atom is -0.860 e. The Balaban J connectivity index is 2.48. The van der Waals surface area contributed by atoms with E-state index in [0.717, 1.165) is 5.56 Å². The minimum atomic E-state index is -0.473. The number of aromatic amines is 2. The average Bonchev–Trinajstić information content (AvgIpc) is 2.25. The van der Waals surface area contributed by atoms with Crippen molar-refractivity contribution in [1.29, 1.82) is 0 Å². The molecule has 0 amide bonds. The van der Waals surface area contributed by atoms with E-state index in [-0.39, 0.29) is 16.8 Å². The van der Waals surface area contributed by atoms with Gasteiger partial charge in [0.05, 0.1) is 0 Å². The van der Waals surface area contributed by atoms with Gasteiger partial charge in [-0.2, -0.15) is 0 Å². The summed E-state index contributed by atoms with van der Waals surface area (Å²) in [5, 5.41) is 12.1. The molecule has 0 fully saturated rings. The minimum absolute atomic E-state index is 0.0305. The second-order valence-corrected chi connectivity index (χ2v) is 4.30. The number of hydrogen-bond acceptors (Lipinski definition) is 3. The second-order valence-electron chi connectivity index (χ2n) is 3.48. The van der Waals surface area contributed by atoms with Crippen molar-refractivity contribution in [1.82, 2.24) is 9.97 Å². The van der Waals surface area contributed by atoms with Gasteiger partial charge in [0.2, 0.25) is 0 Å². The first kappa shape index (κ1) is 11.9. The first-order valence-electron chi connectivity index (χ1n) is 4.84. The van der Waals surface area contributed by atoms with E-state index in [1.165, 1.54) is 0 Å². The highest BCUT2D eigenvalue weighted by atomic mass is 35.5.